The summed E-state index contributed by atoms with van der Waals surface area (Å²) in [5.41, 5.74) is 1.25. The second-order valence-corrected chi connectivity index (χ2v) is 7.36. The Balaban J connectivity index is 1.82. The van der Waals surface area contributed by atoms with E-state index < -0.39 is 0 Å². The van der Waals surface area contributed by atoms with Gasteiger partial charge in [0.15, 0.2) is 0 Å². The standard InChI is InChI=1S/C19H31N3O3/c1-19(7-9-21(2)13-19)14-22(3)18(23)20-8-6-15-10-16(24-4)12-17(11-15)25-5/h10-12H,6-9,13-14H2,1-5H3,(H,20,23)/t19-/m1/s1. The van der Waals surface area contributed by atoms with Gasteiger partial charge in [-0.05, 0) is 49.5 Å². The Labute approximate surface area is 151 Å². The second kappa shape index (κ2) is 8.43. The van der Waals surface area contributed by atoms with Crippen molar-refractivity contribution in [3.8, 4) is 11.5 Å². The summed E-state index contributed by atoms with van der Waals surface area (Å²) in [5.74, 6) is 1.52. The van der Waals surface area contributed by atoms with Crippen LogP contribution in [0.1, 0.15) is 18.9 Å². The van der Waals surface area contributed by atoms with E-state index >= 15 is 0 Å². The molecule has 0 spiro atoms. The van der Waals surface area contributed by atoms with Crippen LogP contribution in [0.4, 0.5) is 4.79 Å². The molecule has 1 N–H and O–H groups in total. The van der Waals surface area contributed by atoms with Gasteiger partial charge in [0.1, 0.15) is 11.5 Å². The largest absolute Gasteiger partial charge is 0.497 e. The summed E-state index contributed by atoms with van der Waals surface area (Å²) < 4.78 is 10.6. The maximum atomic E-state index is 12.3. The number of hydrogen-bond donors (Lipinski definition) is 1. The first-order valence-corrected chi connectivity index (χ1v) is 8.75. The van der Waals surface area contributed by atoms with E-state index in [2.05, 4.69) is 24.2 Å². The van der Waals surface area contributed by atoms with Crippen LogP contribution >= 0.6 is 0 Å². The third-order valence-corrected chi connectivity index (χ3v) is 4.82. The lowest BCUT2D eigenvalue weighted by Gasteiger charge is -2.30. The van der Waals surface area contributed by atoms with E-state index in [4.69, 9.17) is 9.47 Å². The molecule has 1 atom stereocenters. The van der Waals surface area contributed by atoms with Crippen LogP contribution in [0.25, 0.3) is 0 Å². The average Bonchev–Trinajstić information content (AvgIpc) is 2.92. The van der Waals surface area contributed by atoms with E-state index in [1.165, 1.54) is 0 Å². The van der Waals surface area contributed by atoms with Crippen molar-refractivity contribution in [1.29, 1.82) is 0 Å². The number of carbonyl (C=O) groups excluding carboxylic acids is 1. The van der Waals surface area contributed by atoms with Crippen molar-refractivity contribution in [3.05, 3.63) is 23.8 Å². The minimum absolute atomic E-state index is 0.0226. The molecule has 0 radical (unpaired) electrons. The number of nitrogens with one attached hydrogen (secondary N) is 1. The normalized spacial score (nSPS) is 20.4. The summed E-state index contributed by atoms with van der Waals surface area (Å²) >= 11 is 0. The maximum Gasteiger partial charge on any atom is 0.317 e. The molecule has 0 aromatic heterocycles. The highest BCUT2D eigenvalue weighted by atomic mass is 16.5. The van der Waals surface area contributed by atoms with E-state index in [1.807, 2.05) is 25.2 Å². The van der Waals surface area contributed by atoms with Crippen molar-refractivity contribution in [1.82, 2.24) is 15.1 Å². The first-order chi connectivity index (χ1) is 11.8. The Morgan fingerprint density at radius 1 is 1.28 bits per heavy atom. The predicted octanol–water partition coefficient (Wildman–Crippen LogP) is 2.23. The number of urea groups is 1. The Bertz CT molecular complexity index is 571. The van der Waals surface area contributed by atoms with Gasteiger partial charge >= 0.3 is 6.03 Å². The summed E-state index contributed by atoms with van der Waals surface area (Å²) in [6.07, 6.45) is 1.86. The van der Waals surface area contributed by atoms with Gasteiger partial charge in [0.05, 0.1) is 14.2 Å². The number of nitrogens with zero attached hydrogens (tertiary/aromatic N) is 2. The molecular formula is C19H31N3O3. The van der Waals surface area contributed by atoms with Gasteiger partial charge in [-0.25, -0.2) is 4.79 Å². The van der Waals surface area contributed by atoms with Gasteiger partial charge < -0.3 is 24.6 Å². The lowest BCUT2D eigenvalue weighted by Crippen LogP contribution is -2.44. The maximum absolute atomic E-state index is 12.3. The van der Waals surface area contributed by atoms with E-state index in [9.17, 15) is 4.79 Å². The highest BCUT2D eigenvalue weighted by Gasteiger charge is 2.33. The minimum Gasteiger partial charge on any atom is -0.497 e. The predicted molar refractivity (Wildman–Crippen MR) is 99.5 cm³/mol. The van der Waals surface area contributed by atoms with Crippen LogP contribution in [0.15, 0.2) is 18.2 Å². The van der Waals surface area contributed by atoms with Crippen molar-refractivity contribution in [2.24, 2.45) is 5.41 Å². The molecule has 6 nitrogen and oxygen atoms in total. The molecule has 1 aromatic carbocycles. The Hall–Kier alpha value is -1.95. The summed E-state index contributed by atoms with van der Waals surface area (Å²) in [7, 11) is 7.27. The fraction of sp³-hybridized carbons (Fsp3) is 0.632. The van der Waals surface area contributed by atoms with E-state index in [0.717, 1.165) is 49.5 Å². The van der Waals surface area contributed by atoms with Gasteiger partial charge in [-0.15, -0.1) is 0 Å². The van der Waals surface area contributed by atoms with Crippen molar-refractivity contribution in [3.63, 3.8) is 0 Å². The van der Waals surface area contributed by atoms with Crippen molar-refractivity contribution >= 4 is 6.03 Å². The first kappa shape index (κ1) is 19.4. The number of methoxy groups -OCH3 is 2. The average molecular weight is 349 g/mol. The number of amides is 2. The zero-order valence-electron chi connectivity index (χ0n) is 16.1. The summed E-state index contributed by atoms with van der Waals surface area (Å²) in [4.78, 5) is 16.5. The quantitative estimate of drug-likeness (QED) is 0.820. The SMILES string of the molecule is COc1cc(CCNC(=O)N(C)C[C@]2(C)CCN(C)C2)cc(OC)c1. The van der Waals surface area contributed by atoms with E-state index in [0.29, 0.717) is 6.54 Å². The fourth-order valence-corrected chi connectivity index (χ4v) is 3.50. The number of rotatable bonds is 7. The minimum atomic E-state index is -0.0226. The Morgan fingerprint density at radius 2 is 1.92 bits per heavy atom. The third kappa shape index (κ3) is 5.53. The molecule has 1 aliphatic heterocycles. The second-order valence-electron chi connectivity index (χ2n) is 7.36. The molecule has 0 aliphatic carbocycles. The molecule has 0 unspecified atom stereocenters. The molecule has 1 aromatic rings. The van der Waals surface area contributed by atoms with Crippen LogP contribution in [-0.4, -0.2) is 70.3 Å². The van der Waals surface area contributed by atoms with Crippen molar-refractivity contribution < 1.29 is 14.3 Å². The van der Waals surface area contributed by atoms with Gasteiger partial charge in [-0.1, -0.05) is 6.92 Å². The van der Waals surface area contributed by atoms with Crippen LogP contribution in [0.3, 0.4) is 0 Å². The molecular weight excluding hydrogens is 318 g/mol. The van der Waals surface area contributed by atoms with Gasteiger partial charge in [0.2, 0.25) is 0 Å². The number of likely N-dealkylation sites (tertiary alicyclic amines) is 1. The molecule has 140 valence electrons. The fourth-order valence-electron chi connectivity index (χ4n) is 3.50. The lowest BCUT2D eigenvalue weighted by atomic mass is 9.89. The number of benzene rings is 1. The van der Waals surface area contributed by atoms with Crippen LogP contribution < -0.4 is 14.8 Å². The molecule has 25 heavy (non-hydrogen) atoms. The first-order valence-electron chi connectivity index (χ1n) is 8.75. The molecule has 2 amide bonds. The zero-order chi connectivity index (χ0) is 18.4. The Kier molecular flexibility index (Phi) is 6.53. The molecule has 1 saturated heterocycles. The molecule has 2 rings (SSSR count). The van der Waals surface area contributed by atoms with Gasteiger partial charge in [-0.2, -0.15) is 0 Å². The van der Waals surface area contributed by atoms with Crippen LogP contribution in [-0.2, 0) is 6.42 Å². The van der Waals surface area contributed by atoms with Gasteiger partial charge in [0.25, 0.3) is 0 Å². The lowest BCUT2D eigenvalue weighted by molar-refractivity contribution is 0.177. The summed E-state index contributed by atoms with van der Waals surface area (Å²) in [6.45, 7) is 5.74. The monoisotopic (exact) mass is 349 g/mol. The Morgan fingerprint density at radius 3 is 2.44 bits per heavy atom. The molecule has 1 aliphatic rings. The highest BCUT2D eigenvalue weighted by Crippen LogP contribution is 2.29. The van der Waals surface area contributed by atoms with Crippen molar-refractivity contribution in [2.75, 3.05) is 54.5 Å². The van der Waals surface area contributed by atoms with Gasteiger partial charge in [-0.3, -0.25) is 0 Å². The van der Waals surface area contributed by atoms with E-state index in [1.54, 1.807) is 19.1 Å². The third-order valence-electron chi connectivity index (χ3n) is 4.82. The van der Waals surface area contributed by atoms with Crippen LogP contribution in [0, 0.1) is 5.41 Å². The molecule has 1 heterocycles. The number of carbonyl (C=O) groups is 1. The summed E-state index contributed by atoms with van der Waals surface area (Å²) in [5, 5.41) is 3.00. The van der Waals surface area contributed by atoms with E-state index in [-0.39, 0.29) is 11.4 Å². The van der Waals surface area contributed by atoms with Crippen molar-refractivity contribution in [2.45, 2.75) is 19.8 Å². The smallest absolute Gasteiger partial charge is 0.317 e. The van der Waals surface area contributed by atoms with Gasteiger partial charge in [0, 0.05) is 32.7 Å². The molecule has 6 heteroatoms. The number of ether oxygens (including phenoxy) is 2. The molecule has 0 bridgehead atoms. The number of hydrogen-bond acceptors (Lipinski definition) is 4. The molecule has 1 fully saturated rings. The van der Waals surface area contributed by atoms with Crippen LogP contribution in [0.5, 0.6) is 11.5 Å². The summed E-state index contributed by atoms with van der Waals surface area (Å²) in [6, 6.07) is 5.75. The highest BCUT2D eigenvalue weighted by molar-refractivity contribution is 5.73. The molecule has 0 saturated carbocycles. The van der Waals surface area contributed by atoms with Crippen LogP contribution in [0.2, 0.25) is 0 Å². The zero-order valence-corrected chi connectivity index (χ0v) is 16.1. The topological polar surface area (TPSA) is 54.0 Å².